The Morgan fingerprint density at radius 3 is 2.50 bits per heavy atom. The standard InChI is InChI=1S/C18H18Br2O4/c1-3-22-16-10-13(18(21)23-4-2)9-15(20)17(16)24-11-12-6-5-7-14(19)8-12/h5-10H,3-4,11H2,1-2H3. The zero-order valence-electron chi connectivity index (χ0n) is 13.5. The minimum Gasteiger partial charge on any atom is -0.490 e. The lowest BCUT2D eigenvalue weighted by Gasteiger charge is -2.15. The Balaban J connectivity index is 2.25. The molecule has 2 aromatic rings. The molecule has 0 saturated carbocycles. The lowest BCUT2D eigenvalue weighted by molar-refractivity contribution is 0.0525. The van der Waals surface area contributed by atoms with Crippen LogP contribution in [0.5, 0.6) is 11.5 Å². The van der Waals surface area contributed by atoms with E-state index in [0.717, 1.165) is 10.0 Å². The molecule has 4 nitrogen and oxygen atoms in total. The van der Waals surface area contributed by atoms with Crippen molar-refractivity contribution in [2.75, 3.05) is 13.2 Å². The summed E-state index contributed by atoms with van der Waals surface area (Å²) in [5.74, 6) is 0.674. The van der Waals surface area contributed by atoms with Gasteiger partial charge in [0, 0.05) is 4.47 Å². The molecule has 0 spiro atoms. The smallest absolute Gasteiger partial charge is 0.338 e. The quantitative estimate of drug-likeness (QED) is 0.524. The van der Waals surface area contributed by atoms with E-state index in [2.05, 4.69) is 31.9 Å². The molecule has 0 radical (unpaired) electrons. The first kappa shape index (κ1) is 18.8. The van der Waals surface area contributed by atoms with Gasteiger partial charge in [-0.3, -0.25) is 0 Å². The molecule has 0 unspecified atom stereocenters. The molecule has 24 heavy (non-hydrogen) atoms. The van der Waals surface area contributed by atoms with Crippen molar-refractivity contribution >= 4 is 37.8 Å². The van der Waals surface area contributed by atoms with Crippen molar-refractivity contribution in [3.8, 4) is 11.5 Å². The molecule has 0 atom stereocenters. The normalized spacial score (nSPS) is 10.3. The van der Waals surface area contributed by atoms with Crippen LogP contribution >= 0.6 is 31.9 Å². The number of hydrogen-bond donors (Lipinski definition) is 0. The maximum Gasteiger partial charge on any atom is 0.338 e. The van der Waals surface area contributed by atoms with Gasteiger partial charge in [-0.25, -0.2) is 4.79 Å². The number of benzene rings is 2. The van der Waals surface area contributed by atoms with Crippen molar-refractivity contribution in [2.24, 2.45) is 0 Å². The predicted octanol–water partition coefficient (Wildman–Crippen LogP) is 5.37. The molecule has 0 bridgehead atoms. The third-order valence-corrected chi connectivity index (χ3v) is 4.17. The van der Waals surface area contributed by atoms with Crippen LogP contribution in [-0.2, 0) is 11.3 Å². The third-order valence-electron chi connectivity index (χ3n) is 3.09. The summed E-state index contributed by atoms with van der Waals surface area (Å²) in [5.41, 5.74) is 1.44. The highest BCUT2D eigenvalue weighted by atomic mass is 79.9. The average Bonchev–Trinajstić information content (AvgIpc) is 2.54. The summed E-state index contributed by atoms with van der Waals surface area (Å²) in [6, 6.07) is 11.2. The minimum absolute atomic E-state index is 0.321. The number of rotatable bonds is 7. The summed E-state index contributed by atoms with van der Waals surface area (Å²) < 4.78 is 18.2. The van der Waals surface area contributed by atoms with Gasteiger partial charge in [0.1, 0.15) is 6.61 Å². The highest BCUT2D eigenvalue weighted by Gasteiger charge is 2.17. The van der Waals surface area contributed by atoms with E-state index < -0.39 is 5.97 Å². The molecular formula is C18H18Br2O4. The largest absolute Gasteiger partial charge is 0.490 e. The zero-order chi connectivity index (χ0) is 17.5. The Bertz CT molecular complexity index is 716. The van der Waals surface area contributed by atoms with Crippen molar-refractivity contribution < 1.29 is 19.0 Å². The van der Waals surface area contributed by atoms with Crippen molar-refractivity contribution in [2.45, 2.75) is 20.5 Å². The Kier molecular flexibility index (Phi) is 7.12. The summed E-state index contributed by atoms with van der Waals surface area (Å²) in [5, 5.41) is 0. The molecule has 0 saturated heterocycles. The summed E-state index contributed by atoms with van der Waals surface area (Å²) in [7, 11) is 0. The summed E-state index contributed by atoms with van der Waals surface area (Å²) in [6.07, 6.45) is 0. The van der Waals surface area contributed by atoms with Crippen LogP contribution in [0.25, 0.3) is 0 Å². The number of carbonyl (C=O) groups is 1. The van der Waals surface area contributed by atoms with Gasteiger partial charge in [-0.05, 0) is 59.6 Å². The summed E-state index contributed by atoms with van der Waals surface area (Å²) in [4.78, 5) is 11.9. The fourth-order valence-corrected chi connectivity index (χ4v) is 3.09. The monoisotopic (exact) mass is 456 g/mol. The molecule has 0 amide bonds. The Morgan fingerprint density at radius 1 is 1.04 bits per heavy atom. The van der Waals surface area contributed by atoms with Crippen LogP contribution in [0.4, 0.5) is 0 Å². The second-order valence-corrected chi connectivity index (χ2v) is 6.63. The van der Waals surface area contributed by atoms with Crippen molar-refractivity contribution in [1.82, 2.24) is 0 Å². The maximum absolute atomic E-state index is 11.9. The molecule has 0 aliphatic carbocycles. The topological polar surface area (TPSA) is 44.8 Å². The second-order valence-electron chi connectivity index (χ2n) is 4.86. The molecule has 0 fully saturated rings. The van der Waals surface area contributed by atoms with Crippen molar-refractivity contribution in [3.05, 3.63) is 56.5 Å². The average molecular weight is 458 g/mol. The summed E-state index contributed by atoms with van der Waals surface area (Å²) in [6.45, 7) is 4.82. The maximum atomic E-state index is 11.9. The number of halogens is 2. The zero-order valence-corrected chi connectivity index (χ0v) is 16.6. The molecule has 0 heterocycles. The van der Waals surface area contributed by atoms with E-state index in [-0.39, 0.29) is 0 Å². The van der Waals surface area contributed by atoms with E-state index in [4.69, 9.17) is 14.2 Å². The molecular weight excluding hydrogens is 440 g/mol. The third kappa shape index (κ3) is 4.98. The van der Waals surface area contributed by atoms with Crippen LogP contribution in [0.2, 0.25) is 0 Å². The first-order chi connectivity index (χ1) is 11.5. The van der Waals surface area contributed by atoms with Gasteiger partial charge in [0.15, 0.2) is 11.5 Å². The number of carbonyl (C=O) groups excluding carboxylic acids is 1. The van der Waals surface area contributed by atoms with Crippen LogP contribution in [-0.4, -0.2) is 19.2 Å². The highest BCUT2D eigenvalue weighted by molar-refractivity contribution is 9.10. The van der Waals surface area contributed by atoms with Crippen LogP contribution in [0.15, 0.2) is 45.3 Å². The molecule has 0 aromatic heterocycles. The Hall–Kier alpha value is -1.53. The number of esters is 1. The van der Waals surface area contributed by atoms with E-state index >= 15 is 0 Å². The summed E-state index contributed by atoms with van der Waals surface area (Å²) >= 11 is 6.89. The highest BCUT2D eigenvalue weighted by Crippen LogP contribution is 2.37. The number of ether oxygens (including phenoxy) is 3. The molecule has 2 aromatic carbocycles. The van der Waals surface area contributed by atoms with Crippen LogP contribution in [0.1, 0.15) is 29.8 Å². The van der Waals surface area contributed by atoms with Gasteiger partial charge in [0.2, 0.25) is 0 Å². The molecule has 2 rings (SSSR count). The predicted molar refractivity (Wildman–Crippen MR) is 99.7 cm³/mol. The van der Waals surface area contributed by atoms with E-state index in [0.29, 0.717) is 41.4 Å². The fourth-order valence-electron chi connectivity index (χ4n) is 2.09. The SMILES string of the molecule is CCOC(=O)c1cc(Br)c(OCc2cccc(Br)c2)c(OCC)c1. The van der Waals surface area contributed by atoms with Gasteiger partial charge < -0.3 is 14.2 Å². The molecule has 0 N–H and O–H groups in total. The van der Waals surface area contributed by atoms with E-state index in [1.54, 1.807) is 19.1 Å². The van der Waals surface area contributed by atoms with E-state index in [1.807, 2.05) is 31.2 Å². The van der Waals surface area contributed by atoms with Crippen molar-refractivity contribution in [3.63, 3.8) is 0 Å². The van der Waals surface area contributed by atoms with Crippen LogP contribution < -0.4 is 9.47 Å². The lowest BCUT2D eigenvalue weighted by atomic mass is 10.2. The van der Waals surface area contributed by atoms with Gasteiger partial charge in [0.05, 0.1) is 23.2 Å². The molecule has 128 valence electrons. The first-order valence-corrected chi connectivity index (χ1v) is 9.14. The van der Waals surface area contributed by atoms with Gasteiger partial charge in [-0.1, -0.05) is 28.1 Å². The van der Waals surface area contributed by atoms with E-state index in [1.165, 1.54) is 0 Å². The van der Waals surface area contributed by atoms with Gasteiger partial charge in [0.25, 0.3) is 0 Å². The first-order valence-electron chi connectivity index (χ1n) is 7.55. The minimum atomic E-state index is -0.391. The second kappa shape index (κ2) is 9.08. The Labute approximate surface area is 158 Å². The molecule has 0 aliphatic heterocycles. The van der Waals surface area contributed by atoms with E-state index in [9.17, 15) is 4.79 Å². The van der Waals surface area contributed by atoms with Gasteiger partial charge >= 0.3 is 5.97 Å². The van der Waals surface area contributed by atoms with Gasteiger partial charge in [-0.15, -0.1) is 0 Å². The van der Waals surface area contributed by atoms with Crippen molar-refractivity contribution in [1.29, 1.82) is 0 Å². The molecule has 6 heteroatoms. The molecule has 0 aliphatic rings. The fraction of sp³-hybridized carbons (Fsp3) is 0.278. The number of hydrogen-bond acceptors (Lipinski definition) is 4. The van der Waals surface area contributed by atoms with Gasteiger partial charge in [-0.2, -0.15) is 0 Å². The lowest BCUT2D eigenvalue weighted by Crippen LogP contribution is -2.07. The van der Waals surface area contributed by atoms with Crippen LogP contribution in [0.3, 0.4) is 0 Å². The Morgan fingerprint density at radius 2 is 1.83 bits per heavy atom. The van der Waals surface area contributed by atoms with Crippen LogP contribution in [0, 0.1) is 0 Å².